The Balaban J connectivity index is 0.000000770. The van der Waals surface area contributed by atoms with E-state index in [0.717, 1.165) is 17.9 Å². The van der Waals surface area contributed by atoms with E-state index in [-0.39, 0.29) is 5.78 Å². The first-order valence-electron chi connectivity index (χ1n) is 6.16. The number of carbonyl (C=O) groups is 1. The van der Waals surface area contributed by atoms with Gasteiger partial charge in [0.1, 0.15) is 0 Å². The highest BCUT2D eigenvalue weighted by Crippen LogP contribution is 2.19. The van der Waals surface area contributed by atoms with E-state index >= 15 is 0 Å². The van der Waals surface area contributed by atoms with E-state index in [1.807, 2.05) is 24.9 Å². The van der Waals surface area contributed by atoms with Gasteiger partial charge in [0, 0.05) is 25.5 Å². The van der Waals surface area contributed by atoms with Crippen molar-refractivity contribution < 1.29 is 4.79 Å². The van der Waals surface area contributed by atoms with Crippen molar-refractivity contribution in [2.45, 2.75) is 41.0 Å². The molecule has 0 spiro atoms. The highest BCUT2D eigenvalue weighted by molar-refractivity contribution is 5.99. The SMILES string of the molecule is CCC.CCN(C)c1cc(C)ncc1C(C)=O. The normalized spacial score (nSPS) is 9.29. The van der Waals surface area contributed by atoms with Crippen molar-refractivity contribution in [1.29, 1.82) is 0 Å². The number of hydrogen-bond donors (Lipinski definition) is 0. The van der Waals surface area contributed by atoms with Crippen LogP contribution in [-0.2, 0) is 0 Å². The summed E-state index contributed by atoms with van der Waals surface area (Å²) in [5.41, 5.74) is 2.60. The van der Waals surface area contributed by atoms with Crippen molar-refractivity contribution in [2.75, 3.05) is 18.5 Å². The Bertz CT molecular complexity index is 361. The predicted molar refractivity (Wildman–Crippen MR) is 73.9 cm³/mol. The van der Waals surface area contributed by atoms with Gasteiger partial charge in [-0.25, -0.2) is 0 Å². The lowest BCUT2D eigenvalue weighted by molar-refractivity contribution is 0.101. The van der Waals surface area contributed by atoms with Gasteiger partial charge in [-0.1, -0.05) is 20.3 Å². The van der Waals surface area contributed by atoms with Gasteiger partial charge in [0.15, 0.2) is 5.78 Å². The summed E-state index contributed by atoms with van der Waals surface area (Å²) in [6, 6.07) is 1.94. The average molecular weight is 236 g/mol. The molecule has 3 nitrogen and oxygen atoms in total. The summed E-state index contributed by atoms with van der Waals surface area (Å²) in [6.07, 6.45) is 2.90. The third-order valence-corrected chi connectivity index (χ3v) is 2.28. The standard InChI is InChI=1S/C11H16N2O.C3H8/c1-5-13(4)11-6-8(2)12-7-10(11)9(3)14;1-3-2/h6-7H,5H2,1-4H3;3H2,1-2H3. The lowest BCUT2D eigenvalue weighted by atomic mass is 10.1. The van der Waals surface area contributed by atoms with E-state index in [9.17, 15) is 4.79 Å². The molecule has 1 heterocycles. The zero-order valence-electron chi connectivity index (χ0n) is 11.9. The van der Waals surface area contributed by atoms with Crippen molar-refractivity contribution in [2.24, 2.45) is 0 Å². The van der Waals surface area contributed by atoms with Crippen LogP contribution in [0, 0.1) is 6.92 Å². The first-order chi connectivity index (χ1) is 7.97. The van der Waals surface area contributed by atoms with Crippen LogP contribution in [0.1, 0.15) is 50.2 Å². The molecule has 0 bridgehead atoms. The van der Waals surface area contributed by atoms with Gasteiger partial charge in [0.2, 0.25) is 0 Å². The maximum absolute atomic E-state index is 11.3. The van der Waals surface area contributed by atoms with Crippen molar-refractivity contribution in [3.63, 3.8) is 0 Å². The van der Waals surface area contributed by atoms with Crippen LogP contribution in [0.4, 0.5) is 5.69 Å². The van der Waals surface area contributed by atoms with Crippen molar-refractivity contribution >= 4 is 11.5 Å². The zero-order chi connectivity index (χ0) is 13.4. The molecular formula is C14H24N2O. The summed E-state index contributed by atoms with van der Waals surface area (Å²) in [5.74, 6) is 0.0628. The van der Waals surface area contributed by atoms with Gasteiger partial charge >= 0.3 is 0 Å². The molecule has 96 valence electrons. The Morgan fingerprint density at radius 3 is 2.29 bits per heavy atom. The number of nitrogens with zero attached hydrogens (tertiary/aromatic N) is 2. The van der Waals surface area contributed by atoms with Gasteiger partial charge < -0.3 is 4.90 Å². The van der Waals surface area contributed by atoms with Gasteiger partial charge in [-0.2, -0.15) is 0 Å². The molecule has 0 aliphatic carbocycles. The monoisotopic (exact) mass is 236 g/mol. The van der Waals surface area contributed by atoms with Crippen LogP contribution in [0.5, 0.6) is 0 Å². The summed E-state index contributed by atoms with van der Waals surface area (Å²) in [5, 5.41) is 0. The van der Waals surface area contributed by atoms with Gasteiger partial charge in [-0.15, -0.1) is 0 Å². The average Bonchev–Trinajstić information content (AvgIpc) is 2.28. The van der Waals surface area contributed by atoms with E-state index in [4.69, 9.17) is 0 Å². The summed E-state index contributed by atoms with van der Waals surface area (Å²) >= 11 is 0. The van der Waals surface area contributed by atoms with Crippen LogP contribution in [0.3, 0.4) is 0 Å². The number of hydrogen-bond acceptors (Lipinski definition) is 3. The molecule has 0 amide bonds. The Morgan fingerprint density at radius 1 is 1.35 bits per heavy atom. The van der Waals surface area contributed by atoms with Crippen molar-refractivity contribution in [3.05, 3.63) is 23.5 Å². The Hall–Kier alpha value is -1.38. The fourth-order valence-corrected chi connectivity index (χ4v) is 1.30. The highest BCUT2D eigenvalue weighted by Gasteiger charge is 2.10. The molecule has 0 saturated carbocycles. The Kier molecular flexibility index (Phi) is 7.19. The van der Waals surface area contributed by atoms with E-state index in [1.54, 1.807) is 13.1 Å². The molecule has 0 radical (unpaired) electrons. The van der Waals surface area contributed by atoms with Crippen LogP contribution < -0.4 is 4.90 Å². The minimum atomic E-state index is 0.0628. The molecule has 1 aromatic heterocycles. The molecule has 0 N–H and O–H groups in total. The van der Waals surface area contributed by atoms with Crippen LogP contribution in [0.25, 0.3) is 0 Å². The molecule has 0 saturated heterocycles. The van der Waals surface area contributed by atoms with Gasteiger partial charge in [0.05, 0.1) is 11.3 Å². The highest BCUT2D eigenvalue weighted by atomic mass is 16.1. The lowest BCUT2D eigenvalue weighted by Gasteiger charge is -2.19. The number of rotatable bonds is 3. The smallest absolute Gasteiger partial charge is 0.163 e. The van der Waals surface area contributed by atoms with Gasteiger partial charge in [-0.3, -0.25) is 9.78 Å². The molecule has 17 heavy (non-hydrogen) atoms. The molecule has 0 unspecified atom stereocenters. The van der Waals surface area contributed by atoms with Gasteiger partial charge in [0.25, 0.3) is 0 Å². The number of carbonyl (C=O) groups excluding carboxylic acids is 1. The molecule has 0 aliphatic rings. The number of aryl methyl sites for hydroxylation is 1. The summed E-state index contributed by atoms with van der Waals surface area (Å²) in [6.45, 7) is 10.7. The molecule has 1 rings (SSSR count). The van der Waals surface area contributed by atoms with E-state index in [2.05, 4.69) is 25.8 Å². The third kappa shape index (κ3) is 4.98. The molecular weight excluding hydrogens is 212 g/mol. The number of Topliss-reactive ketones (excluding diaryl/α,β-unsaturated/α-hetero) is 1. The number of aromatic nitrogens is 1. The second kappa shape index (κ2) is 7.82. The van der Waals surface area contributed by atoms with E-state index < -0.39 is 0 Å². The maximum atomic E-state index is 11.3. The maximum Gasteiger partial charge on any atom is 0.163 e. The fourth-order valence-electron chi connectivity index (χ4n) is 1.30. The van der Waals surface area contributed by atoms with Crippen molar-refractivity contribution in [1.82, 2.24) is 4.98 Å². The second-order valence-corrected chi connectivity index (χ2v) is 4.12. The number of ketones is 1. The molecule has 3 heteroatoms. The third-order valence-electron chi connectivity index (χ3n) is 2.28. The van der Waals surface area contributed by atoms with Crippen LogP contribution in [0.15, 0.2) is 12.3 Å². The number of anilines is 1. The van der Waals surface area contributed by atoms with E-state index in [1.165, 1.54) is 6.42 Å². The molecule has 0 aromatic carbocycles. The predicted octanol–water partition coefficient (Wildman–Crippen LogP) is 3.47. The second-order valence-electron chi connectivity index (χ2n) is 4.12. The first-order valence-corrected chi connectivity index (χ1v) is 6.16. The lowest BCUT2D eigenvalue weighted by Crippen LogP contribution is -2.19. The number of pyridine rings is 1. The molecule has 0 fully saturated rings. The van der Waals surface area contributed by atoms with Gasteiger partial charge in [-0.05, 0) is 26.8 Å². The van der Waals surface area contributed by atoms with Crippen molar-refractivity contribution in [3.8, 4) is 0 Å². The minimum Gasteiger partial charge on any atom is -0.374 e. The molecule has 0 aliphatic heterocycles. The minimum absolute atomic E-state index is 0.0628. The van der Waals surface area contributed by atoms with Crippen LogP contribution in [-0.4, -0.2) is 24.4 Å². The molecule has 0 atom stereocenters. The van der Waals surface area contributed by atoms with E-state index in [0.29, 0.717) is 5.56 Å². The summed E-state index contributed by atoms with van der Waals surface area (Å²) < 4.78 is 0. The zero-order valence-corrected chi connectivity index (χ0v) is 11.9. The largest absolute Gasteiger partial charge is 0.374 e. The van der Waals surface area contributed by atoms with Crippen LogP contribution >= 0.6 is 0 Å². The topological polar surface area (TPSA) is 33.2 Å². The Labute approximate surface area is 105 Å². The summed E-state index contributed by atoms with van der Waals surface area (Å²) in [7, 11) is 1.97. The quantitative estimate of drug-likeness (QED) is 0.753. The first kappa shape index (κ1) is 15.6. The molecule has 1 aromatic rings. The van der Waals surface area contributed by atoms with Crippen LogP contribution in [0.2, 0.25) is 0 Å². The Morgan fingerprint density at radius 2 is 1.88 bits per heavy atom. The summed E-state index contributed by atoms with van der Waals surface area (Å²) in [4.78, 5) is 17.5. The fraction of sp³-hybridized carbons (Fsp3) is 0.571.